The van der Waals surface area contributed by atoms with E-state index in [-0.39, 0.29) is 74.7 Å². The van der Waals surface area contributed by atoms with E-state index in [1.54, 1.807) is 10.9 Å². The second-order valence-electron chi connectivity index (χ2n) is 18.6. The number of hydrogen-bond donors (Lipinski definition) is 4. The number of amides is 1. The first-order valence-electron chi connectivity index (χ1n) is 25.5. The molecule has 0 aliphatic carbocycles. The number of esters is 1. The predicted octanol–water partition coefficient (Wildman–Crippen LogP) is 1.41. The van der Waals surface area contributed by atoms with Gasteiger partial charge in [-0.25, -0.2) is 22.5 Å². The lowest BCUT2D eigenvalue weighted by Crippen LogP contribution is -2.64. The molecule has 3 saturated heterocycles. The molecule has 3 aromatic heterocycles. The average molecular weight is 1170 g/mol. The molecule has 440 valence electrons. The van der Waals surface area contributed by atoms with Crippen molar-refractivity contribution in [1.82, 2.24) is 39.6 Å². The van der Waals surface area contributed by atoms with Crippen LogP contribution in [0.25, 0.3) is 11.0 Å². The van der Waals surface area contributed by atoms with E-state index in [0.717, 1.165) is 12.8 Å². The molecule has 1 spiro atoms. The first-order valence-corrected chi connectivity index (χ1v) is 27.7. The summed E-state index contributed by atoms with van der Waals surface area (Å²) in [7, 11) is -4.45. The van der Waals surface area contributed by atoms with Gasteiger partial charge < -0.3 is 81.9 Å². The second kappa shape index (κ2) is 31.0. The van der Waals surface area contributed by atoms with Crippen molar-refractivity contribution < 1.29 is 99.4 Å². The summed E-state index contributed by atoms with van der Waals surface area (Å²) in [6.07, 6.45) is -1.01. The van der Waals surface area contributed by atoms with Crippen molar-refractivity contribution in [3.8, 4) is 5.75 Å². The smallest absolute Gasteiger partial charge is 0.350 e. The maximum absolute atomic E-state index is 13.6. The molecule has 4 atom stereocenters. The van der Waals surface area contributed by atoms with E-state index >= 15 is 0 Å². The van der Waals surface area contributed by atoms with Crippen LogP contribution in [0, 0.1) is 22.9 Å². The number of carbonyl (C=O) groups excluding carboxylic acids is 2. The second-order valence-corrected chi connectivity index (χ2v) is 20.5. The molecule has 0 saturated carbocycles. The van der Waals surface area contributed by atoms with Crippen molar-refractivity contribution in [2.75, 3.05) is 143 Å². The van der Waals surface area contributed by atoms with Gasteiger partial charge in [0.15, 0.2) is 23.5 Å². The lowest BCUT2D eigenvalue weighted by molar-refractivity contribution is -0.137. The number of aliphatic hydroxyl groups excluding tert-OH is 2. The Bertz CT molecular complexity index is 2580. The Morgan fingerprint density at radius 1 is 0.772 bits per heavy atom. The Hall–Kier alpha value is -4.60. The summed E-state index contributed by atoms with van der Waals surface area (Å²) in [4.78, 5) is 55.9. The fourth-order valence-corrected chi connectivity index (χ4v) is 9.30. The molecular weight excluding hydrogens is 1100 g/mol. The van der Waals surface area contributed by atoms with Crippen LogP contribution in [-0.4, -0.2) is 228 Å². The summed E-state index contributed by atoms with van der Waals surface area (Å²) in [5.74, 6) is -5.11. The molecule has 3 aliphatic heterocycles. The van der Waals surface area contributed by atoms with Gasteiger partial charge >= 0.3 is 13.6 Å². The molecule has 0 bridgehead atoms. The van der Waals surface area contributed by atoms with Crippen LogP contribution in [0.15, 0.2) is 24.5 Å². The Labute approximate surface area is 456 Å². The summed E-state index contributed by atoms with van der Waals surface area (Å²) >= 11 is 6.38. The first kappa shape index (κ1) is 62.0. The highest BCUT2D eigenvalue weighted by molar-refractivity contribution is 7.51. The summed E-state index contributed by atoms with van der Waals surface area (Å²) in [5, 5.41) is 34.4. The molecule has 1 amide bonds. The van der Waals surface area contributed by atoms with Gasteiger partial charge in [-0.05, 0) is 24.4 Å². The largest absolute Gasteiger partial charge is 0.420 e. The van der Waals surface area contributed by atoms with E-state index in [1.165, 1.54) is 10.9 Å². The summed E-state index contributed by atoms with van der Waals surface area (Å²) in [6.45, 7) is 7.34. The SMILES string of the molecule is O=C(CCOCCOCCOCCOCCn1cc(COCCOCCOCCOCCC(=O)N2CCCC3(C2)CN(c2nc(Cl)nc4c2cnn4[C@@H]2O[C@H](COCP(=O)(O)O)[C@@H](O)[C@H]2O)C3)nn1)Oc1c(F)cc(F)cc1F. The highest BCUT2D eigenvalue weighted by atomic mass is 35.5. The fraction of sp³-hybridized carbons (Fsp3) is 0.681. The number of hydrogen-bond acceptors (Lipinski definition) is 22. The quantitative estimate of drug-likeness (QED) is 0.0164. The Morgan fingerprint density at radius 2 is 1.37 bits per heavy atom. The zero-order chi connectivity index (χ0) is 56.2. The average Bonchev–Trinajstić information content (AvgIpc) is 4.36. The van der Waals surface area contributed by atoms with Gasteiger partial charge in [-0.2, -0.15) is 15.1 Å². The Kier molecular flexibility index (Phi) is 24.3. The van der Waals surface area contributed by atoms with Gasteiger partial charge in [-0.15, -0.1) is 5.10 Å². The van der Waals surface area contributed by atoms with Crippen LogP contribution in [-0.2, 0) is 74.7 Å². The number of anilines is 1. The standard InChI is InChI=1S/C47H66ClF3N9O18P/c48-46-53-43(34-24-52-60(44(34)54-46)45-41(64)40(63)37(77-45)27-76-31-79(65,66)67)58-29-47(30-58)4-1-5-57(28-47)38(61)2-7-68-10-13-71-18-19-74-20-21-75-26-33-25-59(56-55-33)6-9-70-12-15-73-17-16-72-14-11-69-8-3-39(62)78-42-35(50)22-32(49)23-36(42)51/h22-25,37,40-41,45,63-64H,1-21,26-31H2,(H2,65,66,67)/t37-,40-,41-,45-/m1/s1. The van der Waals surface area contributed by atoms with Crippen molar-refractivity contribution in [1.29, 1.82) is 0 Å². The molecule has 0 unspecified atom stereocenters. The predicted molar refractivity (Wildman–Crippen MR) is 266 cm³/mol. The van der Waals surface area contributed by atoms with Crippen LogP contribution in [0.2, 0.25) is 5.28 Å². The van der Waals surface area contributed by atoms with E-state index in [0.29, 0.717) is 134 Å². The molecule has 4 N–H and O–H groups in total. The van der Waals surface area contributed by atoms with Crippen LogP contribution < -0.4 is 9.64 Å². The van der Waals surface area contributed by atoms with Crippen LogP contribution >= 0.6 is 19.2 Å². The van der Waals surface area contributed by atoms with E-state index in [1.807, 2.05) is 9.80 Å². The molecule has 27 nitrogen and oxygen atoms in total. The third kappa shape index (κ3) is 19.3. The van der Waals surface area contributed by atoms with Gasteiger partial charge in [0.25, 0.3) is 0 Å². The molecule has 3 aliphatic rings. The van der Waals surface area contributed by atoms with Gasteiger partial charge in [0.05, 0.1) is 149 Å². The highest BCUT2D eigenvalue weighted by Crippen LogP contribution is 2.43. The molecule has 32 heteroatoms. The molecule has 3 fully saturated rings. The van der Waals surface area contributed by atoms with Crippen molar-refractivity contribution in [3.63, 3.8) is 0 Å². The van der Waals surface area contributed by atoms with E-state index in [2.05, 4.69) is 30.1 Å². The van der Waals surface area contributed by atoms with Crippen molar-refractivity contribution >= 4 is 47.9 Å². The van der Waals surface area contributed by atoms with Crippen molar-refractivity contribution in [3.05, 3.63) is 53.0 Å². The van der Waals surface area contributed by atoms with Gasteiger partial charge in [0, 0.05) is 43.7 Å². The molecule has 6 heterocycles. The van der Waals surface area contributed by atoms with Gasteiger partial charge in [0.1, 0.15) is 42.0 Å². The van der Waals surface area contributed by atoms with Crippen LogP contribution in [0.3, 0.4) is 0 Å². The molecule has 1 aromatic carbocycles. The summed E-state index contributed by atoms with van der Waals surface area (Å²) in [5.41, 5.74) is 0.772. The zero-order valence-corrected chi connectivity index (χ0v) is 44.8. The third-order valence-corrected chi connectivity index (χ3v) is 13.2. The van der Waals surface area contributed by atoms with Crippen LogP contribution in [0.4, 0.5) is 19.0 Å². The number of piperidine rings is 1. The number of nitrogens with zero attached hydrogens (tertiary/aromatic N) is 9. The maximum atomic E-state index is 13.6. The molecule has 7 rings (SSSR count). The number of ether oxygens (including phenoxy) is 11. The number of halogens is 4. The number of rotatable bonds is 36. The number of carbonyl (C=O) groups is 2. The number of aliphatic hydroxyl groups is 2. The molecule has 79 heavy (non-hydrogen) atoms. The minimum Gasteiger partial charge on any atom is -0.420 e. The molecule has 0 radical (unpaired) electrons. The highest BCUT2D eigenvalue weighted by Gasteiger charge is 2.49. The third-order valence-electron chi connectivity index (χ3n) is 12.5. The van der Waals surface area contributed by atoms with Gasteiger partial charge in [0.2, 0.25) is 16.9 Å². The number of likely N-dealkylation sites (tertiary alicyclic amines) is 1. The lowest BCUT2D eigenvalue weighted by Gasteiger charge is -2.55. The molecular formula is C47H66ClF3N9O18P. The Morgan fingerprint density at radius 3 is 2.00 bits per heavy atom. The summed E-state index contributed by atoms with van der Waals surface area (Å²) < 4.78 is 114. The van der Waals surface area contributed by atoms with Crippen molar-refractivity contribution in [2.24, 2.45) is 5.41 Å². The van der Waals surface area contributed by atoms with E-state index in [9.17, 15) is 37.5 Å². The van der Waals surface area contributed by atoms with Crippen molar-refractivity contribution in [2.45, 2.75) is 63.4 Å². The van der Waals surface area contributed by atoms with E-state index in [4.69, 9.17) is 68.8 Å². The van der Waals surface area contributed by atoms with Crippen LogP contribution in [0.1, 0.15) is 37.6 Å². The number of aromatic nitrogens is 7. The normalized spacial score (nSPS) is 19.2. The Balaban J connectivity index is 0.640. The first-order chi connectivity index (χ1) is 38.1. The van der Waals surface area contributed by atoms with Gasteiger partial charge in [-0.1, -0.05) is 5.21 Å². The minimum absolute atomic E-state index is 0.0114. The topological polar surface area (TPSA) is 314 Å². The minimum atomic E-state index is -4.45. The fourth-order valence-electron chi connectivity index (χ4n) is 8.80. The maximum Gasteiger partial charge on any atom is 0.350 e. The van der Waals surface area contributed by atoms with E-state index < -0.39 is 67.7 Å². The monoisotopic (exact) mass is 1170 g/mol. The zero-order valence-electron chi connectivity index (χ0n) is 43.2. The lowest BCUT2D eigenvalue weighted by atomic mass is 9.73. The summed E-state index contributed by atoms with van der Waals surface area (Å²) in [6, 6.07) is 0.832. The number of benzene rings is 1. The number of fused-ring (bicyclic) bond motifs is 1. The van der Waals surface area contributed by atoms with Crippen LogP contribution in [0.5, 0.6) is 5.75 Å². The van der Waals surface area contributed by atoms with Gasteiger partial charge in [-0.3, -0.25) is 14.2 Å². The molecule has 4 aromatic rings.